The highest BCUT2D eigenvalue weighted by Crippen LogP contribution is 2.27. The van der Waals surface area contributed by atoms with Gasteiger partial charge in [0, 0.05) is 12.7 Å². The number of hydrogen-bond acceptors (Lipinski definition) is 5. The maximum absolute atomic E-state index is 12.0. The molecule has 2 rings (SSSR count). The molecule has 2 N–H and O–H groups in total. The smallest absolute Gasteiger partial charge is 0.335 e. The van der Waals surface area contributed by atoms with Crippen molar-refractivity contribution in [2.45, 2.75) is 19.4 Å². The maximum atomic E-state index is 12.0. The molecule has 1 fully saturated rings. The van der Waals surface area contributed by atoms with Crippen molar-refractivity contribution in [2.24, 2.45) is 5.92 Å². The molecular formula is C13H14N2O6. The summed E-state index contributed by atoms with van der Waals surface area (Å²) >= 11 is 0. The average molecular weight is 294 g/mol. The van der Waals surface area contributed by atoms with Gasteiger partial charge in [0.15, 0.2) is 0 Å². The topological polar surface area (TPSA) is 119 Å². The number of rotatable bonds is 4. The van der Waals surface area contributed by atoms with E-state index in [0.717, 1.165) is 12.5 Å². The fourth-order valence-electron chi connectivity index (χ4n) is 2.16. The van der Waals surface area contributed by atoms with Crippen LogP contribution in [-0.4, -0.2) is 34.6 Å². The first-order chi connectivity index (χ1) is 9.90. The van der Waals surface area contributed by atoms with Crippen LogP contribution in [-0.2, 0) is 9.53 Å². The number of carboxylic acids is 1. The Balaban J connectivity index is 2.25. The van der Waals surface area contributed by atoms with Crippen LogP contribution in [0, 0.1) is 16.0 Å². The standard InChI is InChI=1S/C13H14N2O6/c1-7-4-5-21-11(7)12(16)14-9-3-2-8(13(17)18)6-10(9)15(19)20/h2-3,6-7,11H,4-5H2,1H3,(H,14,16)(H,17,18). The zero-order valence-corrected chi connectivity index (χ0v) is 11.2. The average Bonchev–Trinajstić information content (AvgIpc) is 2.85. The second-order valence-electron chi connectivity index (χ2n) is 4.84. The van der Waals surface area contributed by atoms with Gasteiger partial charge in [0.2, 0.25) is 0 Å². The first kappa shape index (κ1) is 14.9. The monoisotopic (exact) mass is 294 g/mol. The van der Waals surface area contributed by atoms with Crippen molar-refractivity contribution in [3.63, 3.8) is 0 Å². The Morgan fingerprint density at radius 3 is 2.71 bits per heavy atom. The van der Waals surface area contributed by atoms with Crippen LogP contribution < -0.4 is 5.32 Å². The summed E-state index contributed by atoms with van der Waals surface area (Å²) in [7, 11) is 0. The number of benzene rings is 1. The Morgan fingerprint density at radius 1 is 1.48 bits per heavy atom. The second kappa shape index (κ2) is 5.88. The van der Waals surface area contributed by atoms with Crippen molar-refractivity contribution in [3.05, 3.63) is 33.9 Å². The molecular weight excluding hydrogens is 280 g/mol. The van der Waals surface area contributed by atoms with Gasteiger partial charge in [-0.25, -0.2) is 4.79 Å². The van der Waals surface area contributed by atoms with E-state index in [1.54, 1.807) is 0 Å². The molecule has 0 bridgehead atoms. The van der Waals surface area contributed by atoms with Crippen LogP contribution in [0.25, 0.3) is 0 Å². The van der Waals surface area contributed by atoms with Gasteiger partial charge in [0.1, 0.15) is 11.8 Å². The summed E-state index contributed by atoms with van der Waals surface area (Å²) in [5.74, 6) is -1.71. The third-order valence-corrected chi connectivity index (χ3v) is 3.35. The molecule has 1 aliphatic heterocycles. The summed E-state index contributed by atoms with van der Waals surface area (Å²) in [6.07, 6.45) is 0.0988. The summed E-state index contributed by atoms with van der Waals surface area (Å²) in [6, 6.07) is 3.32. The Kier molecular flexibility index (Phi) is 4.18. The molecule has 8 nitrogen and oxygen atoms in total. The van der Waals surface area contributed by atoms with Gasteiger partial charge in [-0.1, -0.05) is 6.92 Å². The summed E-state index contributed by atoms with van der Waals surface area (Å²) in [6.45, 7) is 2.33. The molecule has 8 heteroatoms. The van der Waals surface area contributed by atoms with Crippen LogP contribution in [0.5, 0.6) is 0 Å². The highest BCUT2D eigenvalue weighted by atomic mass is 16.6. The number of nitrogens with zero attached hydrogens (tertiary/aromatic N) is 1. The van der Waals surface area contributed by atoms with Gasteiger partial charge in [-0.15, -0.1) is 0 Å². The molecule has 0 aliphatic carbocycles. The molecule has 2 unspecified atom stereocenters. The Morgan fingerprint density at radius 2 is 2.19 bits per heavy atom. The summed E-state index contributed by atoms with van der Waals surface area (Å²) in [4.78, 5) is 33.1. The lowest BCUT2D eigenvalue weighted by atomic mass is 10.0. The third-order valence-electron chi connectivity index (χ3n) is 3.35. The van der Waals surface area contributed by atoms with E-state index < -0.39 is 28.6 Å². The molecule has 0 spiro atoms. The minimum Gasteiger partial charge on any atom is -0.478 e. The molecule has 0 saturated carbocycles. The van der Waals surface area contributed by atoms with Gasteiger partial charge in [0.25, 0.3) is 11.6 Å². The highest BCUT2D eigenvalue weighted by molar-refractivity contribution is 5.98. The van der Waals surface area contributed by atoms with Crippen molar-refractivity contribution in [3.8, 4) is 0 Å². The van der Waals surface area contributed by atoms with Crippen LogP contribution in [0.15, 0.2) is 18.2 Å². The Labute approximate surface area is 119 Å². The summed E-state index contributed by atoms with van der Waals surface area (Å²) < 4.78 is 5.29. The van der Waals surface area contributed by atoms with E-state index in [-0.39, 0.29) is 17.2 Å². The number of nitrogens with one attached hydrogen (secondary N) is 1. The van der Waals surface area contributed by atoms with E-state index in [2.05, 4.69) is 5.32 Å². The molecule has 0 aromatic heterocycles. The maximum Gasteiger partial charge on any atom is 0.335 e. The molecule has 21 heavy (non-hydrogen) atoms. The number of carbonyl (C=O) groups excluding carboxylic acids is 1. The zero-order chi connectivity index (χ0) is 15.6. The number of aromatic carboxylic acids is 1. The summed E-state index contributed by atoms with van der Waals surface area (Å²) in [5, 5.41) is 22.3. The molecule has 1 heterocycles. The predicted octanol–water partition coefficient (Wildman–Crippen LogP) is 1.66. The minimum absolute atomic E-state index is 0.0300. The molecule has 112 valence electrons. The SMILES string of the molecule is CC1CCOC1C(=O)Nc1ccc(C(=O)O)cc1[N+](=O)[O-]. The Hall–Kier alpha value is -2.48. The lowest BCUT2D eigenvalue weighted by Crippen LogP contribution is -2.31. The third kappa shape index (κ3) is 3.16. The number of carbonyl (C=O) groups is 2. The number of amides is 1. The normalized spacial score (nSPS) is 21.0. The van der Waals surface area contributed by atoms with E-state index in [4.69, 9.17) is 9.84 Å². The van der Waals surface area contributed by atoms with Gasteiger partial charge in [-0.05, 0) is 24.5 Å². The Bertz CT molecular complexity index is 600. The fourth-order valence-corrected chi connectivity index (χ4v) is 2.16. The van der Waals surface area contributed by atoms with Crippen LogP contribution in [0.1, 0.15) is 23.7 Å². The predicted molar refractivity (Wildman–Crippen MR) is 72.2 cm³/mol. The number of carboxylic acid groups (broad SMARTS) is 1. The van der Waals surface area contributed by atoms with Gasteiger partial charge in [-0.3, -0.25) is 14.9 Å². The van der Waals surface area contributed by atoms with Crippen LogP contribution in [0.2, 0.25) is 0 Å². The number of hydrogen-bond donors (Lipinski definition) is 2. The quantitative estimate of drug-likeness (QED) is 0.643. The second-order valence-corrected chi connectivity index (χ2v) is 4.84. The molecule has 1 aromatic rings. The number of ether oxygens (including phenoxy) is 1. The molecule has 1 saturated heterocycles. The number of anilines is 1. The lowest BCUT2D eigenvalue weighted by molar-refractivity contribution is -0.384. The molecule has 1 amide bonds. The van der Waals surface area contributed by atoms with Crippen LogP contribution >= 0.6 is 0 Å². The zero-order valence-electron chi connectivity index (χ0n) is 11.2. The number of nitro groups is 1. The molecule has 1 aliphatic rings. The first-order valence-electron chi connectivity index (χ1n) is 6.34. The molecule has 1 aromatic carbocycles. The van der Waals surface area contributed by atoms with Crippen molar-refractivity contribution in [2.75, 3.05) is 11.9 Å². The fraction of sp³-hybridized carbons (Fsp3) is 0.385. The van der Waals surface area contributed by atoms with Crippen LogP contribution in [0.4, 0.5) is 11.4 Å². The van der Waals surface area contributed by atoms with Crippen LogP contribution in [0.3, 0.4) is 0 Å². The molecule has 2 atom stereocenters. The van der Waals surface area contributed by atoms with Crippen molar-refractivity contribution >= 4 is 23.3 Å². The first-order valence-corrected chi connectivity index (χ1v) is 6.34. The lowest BCUT2D eigenvalue weighted by Gasteiger charge is -2.14. The largest absolute Gasteiger partial charge is 0.478 e. The van der Waals surface area contributed by atoms with Crippen molar-refractivity contribution in [1.29, 1.82) is 0 Å². The van der Waals surface area contributed by atoms with E-state index in [1.165, 1.54) is 12.1 Å². The van der Waals surface area contributed by atoms with Crippen molar-refractivity contribution < 1.29 is 24.4 Å². The summed E-state index contributed by atoms with van der Waals surface area (Å²) in [5.41, 5.74) is -0.725. The van der Waals surface area contributed by atoms with Gasteiger partial charge < -0.3 is 15.2 Å². The van der Waals surface area contributed by atoms with Crippen molar-refractivity contribution in [1.82, 2.24) is 0 Å². The highest BCUT2D eigenvalue weighted by Gasteiger charge is 2.32. The number of nitro benzene ring substituents is 1. The van der Waals surface area contributed by atoms with Gasteiger partial charge in [0.05, 0.1) is 10.5 Å². The molecule has 0 radical (unpaired) electrons. The van der Waals surface area contributed by atoms with Gasteiger partial charge >= 0.3 is 5.97 Å². The van der Waals surface area contributed by atoms with E-state index in [1.807, 2.05) is 6.92 Å². The van der Waals surface area contributed by atoms with Gasteiger partial charge in [-0.2, -0.15) is 0 Å². The van der Waals surface area contributed by atoms with E-state index in [0.29, 0.717) is 6.61 Å². The van der Waals surface area contributed by atoms with E-state index in [9.17, 15) is 19.7 Å². The minimum atomic E-state index is -1.27. The van der Waals surface area contributed by atoms with E-state index >= 15 is 0 Å².